The number of carbonyl (C=O) groups excluding carboxylic acids is 3. The number of allylic oxidation sites excluding steroid dienone is 3. The van der Waals surface area contributed by atoms with Gasteiger partial charge < -0.3 is 213 Å². The molecule has 46 nitrogen and oxygen atoms in total. The number of carbonyl (C=O) groups is 3. The van der Waals surface area contributed by atoms with Crippen LogP contribution in [0, 0.1) is 50.2 Å². The Morgan fingerprint density at radius 3 is 1.64 bits per heavy atom. The van der Waals surface area contributed by atoms with Crippen LogP contribution in [0.5, 0.6) is 0 Å². The molecule has 0 spiro atoms. The molecule has 0 bridgehead atoms. The van der Waals surface area contributed by atoms with E-state index >= 15 is 4.79 Å². The van der Waals surface area contributed by atoms with Gasteiger partial charge in [-0.25, -0.2) is 4.79 Å². The maximum Gasteiger partial charge on any atom is 0.333 e. The Kier molecular flexibility index (Phi) is 34.2. The van der Waals surface area contributed by atoms with E-state index in [9.17, 15) is 127 Å². The van der Waals surface area contributed by atoms with Gasteiger partial charge in [-0.15, -0.1) is 6.58 Å². The van der Waals surface area contributed by atoms with E-state index in [1.54, 1.807) is 6.92 Å². The van der Waals surface area contributed by atoms with E-state index in [4.69, 9.17) is 90.0 Å². The molecule has 0 radical (unpaired) electrons. The van der Waals surface area contributed by atoms with Crippen LogP contribution in [0.1, 0.15) is 154 Å². The van der Waals surface area contributed by atoms with Crippen LogP contribution >= 0.6 is 0 Å². The first-order valence-corrected chi connectivity index (χ1v) is 47.9. The molecule has 9 aliphatic heterocycles. The van der Waals surface area contributed by atoms with Crippen molar-refractivity contribution in [1.82, 2.24) is 5.32 Å². The van der Waals surface area contributed by atoms with Crippen LogP contribution in [-0.2, 0) is 104 Å². The molecule has 14 rings (SSSR count). The fourth-order valence-corrected chi connectivity index (χ4v) is 24.2. The van der Waals surface area contributed by atoms with Gasteiger partial charge in [-0.1, -0.05) is 72.3 Å². The molecule has 24 N–H and O–H groups in total. The molecule has 5 aliphatic carbocycles. The van der Waals surface area contributed by atoms with Gasteiger partial charge in [0.2, 0.25) is 12.2 Å². The molecule has 4 saturated carbocycles. The summed E-state index contributed by atoms with van der Waals surface area (Å²) in [6.45, 7) is 21.3. The molecule has 0 aromatic rings. The molecule has 790 valence electrons. The van der Waals surface area contributed by atoms with Crippen molar-refractivity contribution in [1.29, 1.82) is 0 Å². The summed E-state index contributed by atoms with van der Waals surface area (Å²) in [6, 6.07) is -1.33. The number of hydrogen-bond donors (Lipinski definition) is 24. The number of rotatable bonds is 28. The van der Waals surface area contributed by atoms with Crippen molar-refractivity contribution in [3.63, 3.8) is 0 Å². The minimum absolute atomic E-state index is 0.000663. The lowest BCUT2D eigenvalue weighted by Crippen LogP contribution is -2.69. The van der Waals surface area contributed by atoms with Crippen LogP contribution in [0.15, 0.2) is 36.0 Å². The fraction of sp³-hybridized carbons (Fsp3) is 0.902. The normalized spacial score (nSPS) is 50.8. The maximum absolute atomic E-state index is 16.6. The monoisotopic (exact) mass is 1990 g/mol. The van der Waals surface area contributed by atoms with Crippen molar-refractivity contribution in [3.8, 4) is 0 Å². The van der Waals surface area contributed by atoms with Crippen LogP contribution in [0.25, 0.3) is 0 Å². The van der Waals surface area contributed by atoms with E-state index in [0.717, 1.165) is 5.57 Å². The zero-order valence-corrected chi connectivity index (χ0v) is 79.5. The first-order chi connectivity index (χ1) is 64.7. The van der Waals surface area contributed by atoms with Crippen molar-refractivity contribution >= 4 is 17.8 Å². The Morgan fingerprint density at radius 1 is 0.486 bits per heavy atom. The number of nitrogens with one attached hydrogen (secondary N) is 1. The highest BCUT2D eigenvalue weighted by molar-refractivity contribution is 5.87. The van der Waals surface area contributed by atoms with Gasteiger partial charge in [0.15, 0.2) is 56.4 Å². The topological polar surface area (TPSA) is 704 Å². The van der Waals surface area contributed by atoms with Crippen LogP contribution in [0.4, 0.5) is 0 Å². The summed E-state index contributed by atoms with van der Waals surface area (Å²) in [5, 5.41) is 261. The molecule has 46 heteroatoms. The van der Waals surface area contributed by atoms with Gasteiger partial charge in [0.1, 0.15) is 189 Å². The molecule has 138 heavy (non-hydrogen) atoms. The zero-order valence-electron chi connectivity index (χ0n) is 79.5. The molecule has 13 fully saturated rings. The Morgan fingerprint density at radius 2 is 1.00 bits per heavy atom. The van der Waals surface area contributed by atoms with Gasteiger partial charge in [0.25, 0.3) is 0 Å². The lowest BCUT2D eigenvalue weighted by molar-refractivity contribution is -0.398. The molecule has 14 aliphatic rings. The summed E-state index contributed by atoms with van der Waals surface area (Å²) < 4.78 is 115. The van der Waals surface area contributed by atoms with E-state index in [0.29, 0.717) is 44.9 Å². The van der Waals surface area contributed by atoms with Gasteiger partial charge >= 0.3 is 11.9 Å². The second kappa shape index (κ2) is 43.1. The highest BCUT2D eigenvalue weighted by Gasteiger charge is 2.73. The van der Waals surface area contributed by atoms with Crippen LogP contribution in [-0.4, -0.2) is 451 Å². The van der Waals surface area contributed by atoms with E-state index in [-0.39, 0.29) is 43.1 Å². The Labute approximate surface area is 797 Å². The molecule has 51 unspecified atom stereocenters. The third-order valence-electron chi connectivity index (χ3n) is 32.9. The lowest BCUT2D eigenvalue weighted by Gasteiger charge is -2.72. The highest BCUT2D eigenvalue weighted by atomic mass is 16.8. The Hall–Kier alpha value is -3.97. The number of amides is 1. The zero-order chi connectivity index (χ0) is 101. The van der Waals surface area contributed by atoms with Crippen LogP contribution in [0.3, 0.4) is 0 Å². The van der Waals surface area contributed by atoms with Gasteiger partial charge in [0.05, 0.1) is 69.7 Å². The van der Waals surface area contributed by atoms with Gasteiger partial charge in [-0.05, 0) is 143 Å². The fourth-order valence-electron chi connectivity index (χ4n) is 24.2. The average molecular weight is 1990 g/mol. The van der Waals surface area contributed by atoms with Gasteiger partial charge in [-0.2, -0.15) is 0 Å². The standard InChI is InChI=1S/C92H147NO45/c1-14-88(10,138-82-67(115)61(109)53(101)36(3)126-82)21-15-16-35(2)75(118)120-33-46-59(107)63(111)74(136-81-69(117)72(134-80-66(114)62(110)57(105)45(28-94)128-80)70(37(4)127-81)132-79-68(116)71(44(99)32-123-79)133-77-64(112)54(102)41(96)29-121-77)84(130-46)137-85(119)92-25-24-86(6,7)26-40(92)39-17-18-49-89(11)22-20-51(87(8,9)48(89)19-23-90(49,12)91(39,13)27-50(92)100)131-76-52(93-38(5)95)60(108)58(106)47(129-76)34-125-83-73(56(104)43(98)31-124-83)135-78-65(113)55(103)42(97)30-122-78/h14,16-17,36-37,40-74,76-84,94,96-117H,1,15,18-34H2,2-13H3,(H,93,95). The number of fused-ring (bicyclic) bond motifs is 7. The Balaban J connectivity index is 0.729. The van der Waals surface area contributed by atoms with Crippen molar-refractivity contribution in [3.05, 3.63) is 36.0 Å². The predicted octanol–water partition coefficient (Wildman–Crippen LogP) is -6.97. The maximum atomic E-state index is 16.6. The molecular formula is C92H147NO45. The smallest absolute Gasteiger partial charge is 0.333 e. The van der Waals surface area contributed by atoms with E-state index < -0.39 is 372 Å². The molecule has 0 aromatic carbocycles. The lowest BCUT2D eigenvalue weighted by atomic mass is 9.33. The van der Waals surface area contributed by atoms with Crippen molar-refractivity contribution in [2.75, 3.05) is 46.2 Å². The predicted molar refractivity (Wildman–Crippen MR) is 460 cm³/mol. The number of ether oxygens (including phenoxy) is 19. The summed E-state index contributed by atoms with van der Waals surface area (Å²) in [6.07, 6.45) is -64.6. The van der Waals surface area contributed by atoms with Crippen molar-refractivity contribution in [2.24, 2.45) is 50.2 Å². The number of aliphatic hydroxyl groups is 23. The van der Waals surface area contributed by atoms with Gasteiger partial charge in [0, 0.05) is 12.5 Å². The first kappa shape index (κ1) is 110. The van der Waals surface area contributed by atoms with Gasteiger partial charge in [-0.3, -0.25) is 9.59 Å². The summed E-state index contributed by atoms with van der Waals surface area (Å²) in [5.41, 5.74) is -5.36. The molecular weight excluding hydrogens is 1840 g/mol. The molecule has 9 heterocycles. The molecule has 1 amide bonds. The minimum Gasteiger partial charge on any atom is -0.459 e. The van der Waals surface area contributed by atoms with Crippen LogP contribution in [0.2, 0.25) is 0 Å². The van der Waals surface area contributed by atoms with E-state index in [1.165, 1.54) is 39.8 Å². The SMILES string of the molecule is C=CC(C)(CCC=C(C)C(=O)OCC1OC(OC(=O)C23CCC(C)(C)CC2C2=CCC4C5(C)CCC(OC6OC(COC7OCC(O)C(O)C7OC7OCC(O)C(O)C7O)C(O)C(O)C6NC(C)=O)C(C)(C)C5CCC4(C)C2(C)CC3O)C(OC2OC(C)C(OC3OCC(O)C(OC4OCC(O)C(O)C4O)C3O)C(OC3OC(CO)C(O)C(O)C3O)C2O)C(O)C1O)OC1OC(C)C(O)C(O)C1O. The summed E-state index contributed by atoms with van der Waals surface area (Å²) in [4.78, 5) is 43.7. The number of esters is 2. The van der Waals surface area contributed by atoms with Crippen molar-refractivity contribution < 1.29 is 222 Å². The quantitative estimate of drug-likeness (QED) is 0.0150. The number of hydrogen-bond acceptors (Lipinski definition) is 45. The second-order valence-electron chi connectivity index (χ2n) is 42.7. The van der Waals surface area contributed by atoms with E-state index in [2.05, 4.69) is 66.4 Å². The minimum atomic E-state index is -2.32. The molecule has 9 saturated heterocycles. The first-order valence-electron chi connectivity index (χ1n) is 47.9. The number of aliphatic hydroxyl groups excluding tert-OH is 23. The third kappa shape index (κ3) is 21.1. The highest BCUT2D eigenvalue weighted by Crippen LogP contribution is 2.76. The summed E-state index contributed by atoms with van der Waals surface area (Å²) >= 11 is 0. The average Bonchev–Trinajstić information content (AvgIpc) is 0.668. The van der Waals surface area contributed by atoms with Crippen LogP contribution < -0.4 is 5.32 Å². The Bertz CT molecular complexity index is 4170. The molecule has 51 atom stereocenters. The third-order valence-corrected chi connectivity index (χ3v) is 32.9. The summed E-state index contributed by atoms with van der Waals surface area (Å²) in [5.74, 6) is -3.59. The second-order valence-corrected chi connectivity index (χ2v) is 42.7. The van der Waals surface area contributed by atoms with Crippen molar-refractivity contribution in [2.45, 2.75) is 423 Å². The molecule has 0 aromatic heterocycles. The van der Waals surface area contributed by atoms with E-state index in [1.807, 2.05) is 0 Å². The summed E-state index contributed by atoms with van der Waals surface area (Å²) in [7, 11) is 0. The largest absolute Gasteiger partial charge is 0.459 e.